The van der Waals surface area contributed by atoms with E-state index in [0.717, 1.165) is 3.79 Å². The van der Waals surface area contributed by atoms with Crippen molar-refractivity contribution in [3.63, 3.8) is 0 Å². The minimum absolute atomic E-state index is 0.204. The van der Waals surface area contributed by atoms with Crippen LogP contribution in [0, 0.1) is 0 Å². The first-order valence-electron chi connectivity index (χ1n) is 2.50. The molecule has 62 valence electrons. The summed E-state index contributed by atoms with van der Waals surface area (Å²) in [5, 5.41) is 0.492. The Morgan fingerprint density at radius 2 is 2.36 bits per heavy atom. The van der Waals surface area contributed by atoms with Crippen LogP contribution in [0.3, 0.4) is 0 Å². The number of thiazole rings is 1. The molecule has 0 saturated heterocycles. The smallest absolute Gasteiger partial charge is 0.239 e. The SMILES string of the molecule is O=S(=O)(Cl)Cc1ncc(Br)s1. The fraction of sp³-hybridized carbons (Fsp3) is 0.250. The normalized spacial score (nSPS) is 11.8. The monoisotopic (exact) mass is 275 g/mol. The Hall–Kier alpha value is 0.350. The molecular weight excluding hydrogens is 274 g/mol. The van der Waals surface area contributed by atoms with E-state index in [2.05, 4.69) is 20.9 Å². The van der Waals surface area contributed by atoms with E-state index in [0.29, 0.717) is 5.01 Å². The van der Waals surface area contributed by atoms with Gasteiger partial charge in [0, 0.05) is 10.7 Å². The van der Waals surface area contributed by atoms with E-state index >= 15 is 0 Å². The minimum Gasteiger partial charge on any atom is -0.247 e. The highest BCUT2D eigenvalue weighted by atomic mass is 79.9. The Morgan fingerprint density at radius 1 is 1.73 bits per heavy atom. The van der Waals surface area contributed by atoms with Gasteiger partial charge in [-0.15, -0.1) is 11.3 Å². The minimum atomic E-state index is -3.46. The quantitative estimate of drug-likeness (QED) is 0.776. The molecule has 0 spiro atoms. The van der Waals surface area contributed by atoms with Crippen molar-refractivity contribution in [1.82, 2.24) is 4.98 Å². The zero-order valence-electron chi connectivity index (χ0n) is 5.12. The van der Waals surface area contributed by atoms with Gasteiger partial charge in [-0.3, -0.25) is 0 Å². The van der Waals surface area contributed by atoms with Gasteiger partial charge in [-0.05, 0) is 15.9 Å². The highest BCUT2D eigenvalue weighted by Crippen LogP contribution is 2.21. The second-order valence-electron chi connectivity index (χ2n) is 1.74. The van der Waals surface area contributed by atoms with Crippen molar-refractivity contribution in [2.45, 2.75) is 5.75 Å². The van der Waals surface area contributed by atoms with Gasteiger partial charge in [0.1, 0.15) is 10.8 Å². The Balaban J connectivity index is 2.81. The molecule has 3 nitrogen and oxygen atoms in total. The first-order chi connectivity index (χ1) is 4.97. The van der Waals surface area contributed by atoms with E-state index < -0.39 is 9.05 Å². The van der Waals surface area contributed by atoms with Crippen LogP contribution in [0.15, 0.2) is 9.98 Å². The third-order valence-electron chi connectivity index (χ3n) is 0.821. The zero-order chi connectivity index (χ0) is 8.48. The van der Waals surface area contributed by atoms with Crippen LogP contribution in [0.1, 0.15) is 5.01 Å². The molecule has 1 aromatic heterocycles. The van der Waals surface area contributed by atoms with Gasteiger partial charge in [0.15, 0.2) is 0 Å². The Labute approximate surface area is 81.0 Å². The van der Waals surface area contributed by atoms with Crippen molar-refractivity contribution >= 4 is 47.0 Å². The van der Waals surface area contributed by atoms with Gasteiger partial charge >= 0.3 is 0 Å². The first-order valence-corrected chi connectivity index (χ1v) is 6.59. The summed E-state index contributed by atoms with van der Waals surface area (Å²) in [5.74, 6) is -0.204. The van der Waals surface area contributed by atoms with Gasteiger partial charge in [0.2, 0.25) is 9.05 Å². The molecule has 0 unspecified atom stereocenters. The summed E-state index contributed by atoms with van der Waals surface area (Å²) in [5.41, 5.74) is 0. The number of hydrogen-bond donors (Lipinski definition) is 0. The van der Waals surface area contributed by atoms with Crippen molar-refractivity contribution in [2.24, 2.45) is 0 Å². The van der Waals surface area contributed by atoms with E-state index in [1.807, 2.05) is 0 Å². The predicted molar refractivity (Wildman–Crippen MR) is 48.3 cm³/mol. The lowest BCUT2D eigenvalue weighted by atomic mass is 10.8. The molecule has 0 aliphatic rings. The van der Waals surface area contributed by atoms with Gasteiger partial charge in [0.25, 0.3) is 0 Å². The highest BCUT2D eigenvalue weighted by Gasteiger charge is 2.09. The van der Waals surface area contributed by atoms with E-state index in [9.17, 15) is 8.42 Å². The largest absolute Gasteiger partial charge is 0.247 e. The summed E-state index contributed by atoms with van der Waals surface area (Å²) >= 11 is 4.41. The number of rotatable bonds is 2. The average molecular weight is 277 g/mol. The lowest BCUT2D eigenvalue weighted by Crippen LogP contribution is -1.93. The summed E-state index contributed by atoms with van der Waals surface area (Å²) in [4.78, 5) is 3.81. The van der Waals surface area contributed by atoms with Crippen molar-refractivity contribution in [3.8, 4) is 0 Å². The van der Waals surface area contributed by atoms with Crippen LogP contribution in [0.5, 0.6) is 0 Å². The molecule has 0 atom stereocenters. The summed E-state index contributed by atoms with van der Waals surface area (Å²) < 4.78 is 21.9. The molecule has 0 aromatic carbocycles. The molecule has 7 heteroatoms. The van der Waals surface area contributed by atoms with Gasteiger partial charge in [-0.1, -0.05) is 0 Å². The Bertz CT molecular complexity index is 347. The fourth-order valence-corrected chi connectivity index (χ4v) is 3.18. The molecule has 0 N–H and O–H groups in total. The predicted octanol–water partition coefficient (Wildman–Crippen LogP) is 1.97. The third kappa shape index (κ3) is 3.50. The van der Waals surface area contributed by atoms with Gasteiger partial charge in [-0.25, -0.2) is 13.4 Å². The number of nitrogens with zero attached hydrogens (tertiary/aromatic N) is 1. The fourth-order valence-electron chi connectivity index (χ4n) is 0.502. The van der Waals surface area contributed by atoms with E-state index in [-0.39, 0.29) is 5.75 Å². The molecule has 1 heterocycles. The van der Waals surface area contributed by atoms with Gasteiger partial charge < -0.3 is 0 Å². The maximum absolute atomic E-state index is 10.5. The third-order valence-corrected chi connectivity index (χ3v) is 3.43. The van der Waals surface area contributed by atoms with Crippen LogP contribution in [-0.4, -0.2) is 13.4 Å². The van der Waals surface area contributed by atoms with Crippen LogP contribution in [0.2, 0.25) is 0 Å². The van der Waals surface area contributed by atoms with Crippen LogP contribution in [-0.2, 0) is 14.8 Å². The lowest BCUT2D eigenvalue weighted by molar-refractivity contribution is 0.609. The zero-order valence-corrected chi connectivity index (χ0v) is 9.10. The molecule has 0 bridgehead atoms. The van der Waals surface area contributed by atoms with Crippen molar-refractivity contribution in [3.05, 3.63) is 15.0 Å². The van der Waals surface area contributed by atoms with E-state index in [1.54, 1.807) is 6.20 Å². The highest BCUT2D eigenvalue weighted by molar-refractivity contribution is 9.11. The lowest BCUT2D eigenvalue weighted by Gasteiger charge is -1.87. The molecule has 0 radical (unpaired) electrons. The number of hydrogen-bond acceptors (Lipinski definition) is 4. The van der Waals surface area contributed by atoms with Crippen molar-refractivity contribution in [2.75, 3.05) is 0 Å². The number of aromatic nitrogens is 1. The maximum atomic E-state index is 10.5. The maximum Gasteiger partial charge on any atom is 0.239 e. The molecule has 0 saturated carbocycles. The summed E-state index contributed by atoms with van der Waals surface area (Å²) in [6.45, 7) is 0. The van der Waals surface area contributed by atoms with Crippen molar-refractivity contribution < 1.29 is 8.42 Å². The molecule has 0 aliphatic carbocycles. The molecule has 11 heavy (non-hydrogen) atoms. The molecule has 0 amide bonds. The van der Waals surface area contributed by atoms with Gasteiger partial charge in [0.05, 0.1) is 9.98 Å². The van der Waals surface area contributed by atoms with Crippen LogP contribution < -0.4 is 0 Å². The van der Waals surface area contributed by atoms with Crippen LogP contribution >= 0.6 is 37.9 Å². The second-order valence-corrected chi connectivity index (χ2v) is 7.01. The Kier molecular flexibility index (Phi) is 2.90. The molecule has 1 aromatic rings. The van der Waals surface area contributed by atoms with E-state index in [1.165, 1.54) is 11.3 Å². The summed E-state index contributed by atoms with van der Waals surface area (Å²) in [7, 11) is 1.54. The second kappa shape index (κ2) is 3.38. The van der Waals surface area contributed by atoms with E-state index in [4.69, 9.17) is 10.7 Å². The molecule has 0 aliphatic heterocycles. The van der Waals surface area contributed by atoms with Crippen molar-refractivity contribution in [1.29, 1.82) is 0 Å². The topological polar surface area (TPSA) is 47.0 Å². The molecule has 1 rings (SSSR count). The average Bonchev–Trinajstić information content (AvgIpc) is 2.10. The van der Waals surface area contributed by atoms with Crippen LogP contribution in [0.4, 0.5) is 0 Å². The standard InChI is InChI=1S/C4H3BrClNO2S2/c5-3-1-7-4(10-3)2-11(6,8)9/h1H,2H2. The first kappa shape index (κ1) is 9.44. The molecule has 0 fully saturated rings. The van der Waals surface area contributed by atoms with Crippen LogP contribution in [0.25, 0.3) is 0 Å². The summed E-state index contributed by atoms with van der Waals surface area (Å²) in [6.07, 6.45) is 1.54. The summed E-state index contributed by atoms with van der Waals surface area (Å²) in [6, 6.07) is 0. The van der Waals surface area contributed by atoms with Gasteiger partial charge in [-0.2, -0.15) is 0 Å². The molecular formula is C4H3BrClNO2S2. The number of halogens is 2. The Morgan fingerprint density at radius 3 is 2.73 bits per heavy atom.